The smallest absolute Gasteiger partial charge is 0.127 e. The van der Waals surface area contributed by atoms with Gasteiger partial charge in [-0.3, -0.25) is 0 Å². The Balaban J connectivity index is 1.90. The van der Waals surface area contributed by atoms with E-state index in [1.54, 1.807) is 0 Å². The maximum atomic E-state index is 11.1. The fraction of sp³-hybridized carbons (Fsp3) is 0.200. The summed E-state index contributed by atoms with van der Waals surface area (Å²) < 4.78 is 32.8. The third-order valence-corrected chi connectivity index (χ3v) is 5.04. The van der Waals surface area contributed by atoms with Gasteiger partial charge in [0.1, 0.15) is 11.5 Å². The standard InChI is InChI=1S/C15H18O8P2/c16-24(17,18)14-8-3-1-6-12(14)22-10-5-11-23-13-7-2-4-9-15(13)25(19,20)21/h1-4,6-9H,5,10-11H2,(H2,16,17,18)(H2,19,20,21)/p-4. The Morgan fingerprint density at radius 2 is 1.04 bits per heavy atom. The molecular weight excluding hydrogens is 370 g/mol. The molecule has 0 atom stereocenters. The van der Waals surface area contributed by atoms with Crippen molar-refractivity contribution in [1.82, 2.24) is 0 Å². The number of benzene rings is 2. The average molecular weight is 384 g/mol. The van der Waals surface area contributed by atoms with Gasteiger partial charge >= 0.3 is 0 Å². The predicted octanol–water partition coefficient (Wildman–Crippen LogP) is -1.39. The molecule has 0 saturated heterocycles. The Hall–Kier alpha value is -1.66. The lowest BCUT2D eigenvalue weighted by Crippen LogP contribution is -2.27. The van der Waals surface area contributed by atoms with Crippen LogP contribution in [0.25, 0.3) is 0 Å². The maximum Gasteiger partial charge on any atom is 0.127 e. The summed E-state index contributed by atoms with van der Waals surface area (Å²) in [5.74, 6) is -0.111. The van der Waals surface area contributed by atoms with E-state index < -0.39 is 25.8 Å². The van der Waals surface area contributed by atoms with Gasteiger partial charge < -0.3 is 38.2 Å². The fourth-order valence-corrected chi connectivity index (χ4v) is 3.39. The molecule has 10 heteroatoms. The van der Waals surface area contributed by atoms with Crippen LogP contribution in [0.5, 0.6) is 11.5 Å². The van der Waals surface area contributed by atoms with Crippen LogP contribution in [0, 0.1) is 0 Å². The molecule has 136 valence electrons. The van der Waals surface area contributed by atoms with E-state index in [0.29, 0.717) is 0 Å². The molecule has 2 aromatic carbocycles. The molecule has 0 radical (unpaired) electrons. The molecule has 0 unspecified atom stereocenters. The normalized spacial score (nSPS) is 12.0. The van der Waals surface area contributed by atoms with Crippen molar-refractivity contribution in [3.63, 3.8) is 0 Å². The lowest BCUT2D eigenvalue weighted by atomic mass is 10.3. The quantitative estimate of drug-likeness (QED) is 0.400. The first-order chi connectivity index (χ1) is 11.7. The molecule has 0 N–H and O–H groups in total. The van der Waals surface area contributed by atoms with Crippen LogP contribution >= 0.6 is 15.2 Å². The summed E-state index contributed by atoms with van der Waals surface area (Å²) in [5.41, 5.74) is 0. The zero-order chi connectivity index (χ0) is 18.5. The molecular formula is C15H14O8P2-4. The second kappa shape index (κ2) is 8.15. The Labute approximate surface area is 144 Å². The number of ether oxygens (including phenoxy) is 2. The molecule has 0 spiro atoms. The van der Waals surface area contributed by atoms with Crippen LogP contribution in [0.1, 0.15) is 6.42 Å². The van der Waals surface area contributed by atoms with E-state index in [1.807, 2.05) is 0 Å². The second-order valence-electron chi connectivity index (χ2n) is 4.98. The first-order valence-electron chi connectivity index (χ1n) is 7.18. The molecule has 0 aliphatic rings. The SMILES string of the molecule is O=P([O-])([O-])c1ccccc1OCCCOc1ccccc1P(=O)([O-])[O-]. The van der Waals surface area contributed by atoms with Crippen molar-refractivity contribution in [3.05, 3.63) is 48.5 Å². The number of rotatable bonds is 8. The molecule has 0 aliphatic heterocycles. The van der Waals surface area contributed by atoms with Crippen molar-refractivity contribution in [3.8, 4) is 11.5 Å². The molecule has 0 bridgehead atoms. The first-order valence-corrected chi connectivity index (χ1v) is 10.3. The average Bonchev–Trinajstić information content (AvgIpc) is 2.53. The summed E-state index contributed by atoms with van der Waals surface area (Å²) >= 11 is 0. The van der Waals surface area contributed by atoms with Gasteiger partial charge in [-0.25, -0.2) is 0 Å². The molecule has 0 aromatic heterocycles. The minimum Gasteiger partial charge on any atom is -0.807 e. The highest BCUT2D eigenvalue weighted by molar-refractivity contribution is 7.58. The minimum absolute atomic E-state index is 0.0333. The number of hydrogen-bond donors (Lipinski definition) is 0. The Kier molecular flexibility index (Phi) is 6.41. The van der Waals surface area contributed by atoms with Crippen molar-refractivity contribution >= 4 is 25.8 Å². The third-order valence-electron chi connectivity index (χ3n) is 3.12. The first kappa shape index (κ1) is 19.7. The maximum absolute atomic E-state index is 11.1. The molecule has 0 saturated carbocycles. The van der Waals surface area contributed by atoms with Gasteiger partial charge in [-0.15, -0.1) is 0 Å². The van der Waals surface area contributed by atoms with Gasteiger partial charge in [-0.1, -0.05) is 36.4 Å². The molecule has 0 aliphatic carbocycles. The summed E-state index contributed by atoms with van der Waals surface area (Å²) in [4.78, 5) is 44.6. The van der Waals surface area contributed by atoms with Crippen molar-refractivity contribution < 1.29 is 38.2 Å². The van der Waals surface area contributed by atoms with Crippen molar-refractivity contribution in [2.24, 2.45) is 0 Å². The van der Waals surface area contributed by atoms with E-state index in [2.05, 4.69) is 0 Å². The van der Waals surface area contributed by atoms with E-state index in [1.165, 1.54) is 36.4 Å². The van der Waals surface area contributed by atoms with Crippen LogP contribution in [0.3, 0.4) is 0 Å². The van der Waals surface area contributed by atoms with Crippen LogP contribution in [-0.4, -0.2) is 13.2 Å². The second-order valence-corrected chi connectivity index (χ2v) is 7.93. The van der Waals surface area contributed by atoms with E-state index >= 15 is 0 Å². The zero-order valence-corrected chi connectivity index (χ0v) is 14.7. The summed E-state index contributed by atoms with van der Waals surface area (Å²) in [6.07, 6.45) is 0.271. The molecule has 8 nitrogen and oxygen atoms in total. The summed E-state index contributed by atoms with van der Waals surface area (Å²) in [6.45, 7) is 0.0666. The highest BCUT2D eigenvalue weighted by Gasteiger charge is 2.08. The van der Waals surface area contributed by atoms with Gasteiger partial charge in [-0.2, -0.15) is 0 Å². The Bertz CT molecular complexity index is 743. The van der Waals surface area contributed by atoms with E-state index in [9.17, 15) is 28.7 Å². The van der Waals surface area contributed by atoms with Crippen LogP contribution in [0.15, 0.2) is 48.5 Å². The van der Waals surface area contributed by atoms with Crippen LogP contribution in [0.4, 0.5) is 0 Å². The number of hydrogen-bond acceptors (Lipinski definition) is 8. The van der Waals surface area contributed by atoms with Gasteiger partial charge in [0.15, 0.2) is 0 Å². The van der Waals surface area contributed by atoms with Crippen LogP contribution < -0.4 is 39.7 Å². The number of para-hydroxylation sites is 2. The Morgan fingerprint density at radius 3 is 1.40 bits per heavy atom. The van der Waals surface area contributed by atoms with Crippen molar-refractivity contribution in [2.45, 2.75) is 6.42 Å². The van der Waals surface area contributed by atoms with Gasteiger partial charge in [-0.05, 0) is 27.3 Å². The molecule has 0 heterocycles. The summed E-state index contributed by atoms with van der Waals surface area (Å²) in [7, 11) is -9.88. The monoisotopic (exact) mass is 384 g/mol. The van der Waals surface area contributed by atoms with Gasteiger partial charge in [0.05, 0.1) is 13.2 Å². The van der Waals surface area contributed by atoms with Gasteiger partial charge in [0.2, 0.25) is 0 Å². The topological polar surface area (TPSA) is 145 Å². The lowest BCUT2D eigenvalue weighted by molar-refractivity contribution is -0.309. The van der Waals surface area contributed by atoms with Crippen molar-refractivity contribution in [2.75, 3.05) is 13.2 Å². The summed E-state index contributed by atoms with van der Waals surface area (Å²) in [5, 5.41) is -0.861. The van der Waals surface area contributed by atoms with Gasteiger partial charge in [0, 0.05) is 17.0 Å². The highest BCUT2D eigenvalue weighted by atomic mass is 31.2. The predicted molar refractivity (Wildman–Crippen MR) is 83.0 cm³/mol. The zero-order valence-electron chi connectivity index (χ0n) is 12.9. The van der Waals surface area contributed by atoms with Crippen LogP contribution in [0.2, 0.25) is 0 Å². The van der Waals surface area contributed by atoms with E-state index in [0.717, 1.165) is 12.1 Å². The lowest BCUT2D eigenvalue weighted by Gasteiger charge is -2.31. The third kappa shape index (κ3) is 5.68. The summed E-state index contributed by atoms with van der Waals surface area (Å²) in [6, 6.07) is 10.9. The van der Waals surface area contributed by atoms with E-state index in [-0.39, 0.29) is 31.1 Å². The largest absolute Gasteiger partial charge is 0.807 e. The van der Waals surface area contributed by atoms with Gasteiger partial charge in [0.25, 0.3) is 0 Å². The molecule has 0 amide bonds. The fourth-order valence-electron chi connectivity index (χ4n) is 2.03. The van der Waals surface area contributed by atoms with Crippen LogP contribution in [-0.2, 0) is 9.13 Å². The molecule has 2 rings (SSSR count). The molecule has 0 fully saturated rings. The minimum atomic E-state index is -4.94. The Morgan fingerprint density at radius 1 is 0.680 bits per heavy atom. The molecule has 25 heavy (non-hydrogen) atoms. The molecule has 2 aromatic rings. The van der Waals surface area contributed by atoms with E-state index in [4.69, 9.17) is 9.47 Å². The highest BCUT2D eigenvalue weighted by Crippen LogP contribution is 2.29. The van der Waals surface area contributed by atoms with Crippen molar-refractivity contribution in [1.29, 1.82) is 0 Å².